The first kappa shape index (κ1) is 23.0. The first-order chi connectivity index (χ1) is 19.2. The zero-order valence-corrected chi connectivity index (χ0v) is 21.6. The highest BCUT2D eigenvalue weighted by molar-refractivity contribution is 5.91. The number of aromatic nitrogens is 4. The predicted octanol–water partition coefficient (Wildman–Crippen LogP) is 6.26. The van der Waals surface area contributed by atoms with E-state index in [-0.39, 0.29) is 5.92 Å². The van der Waals surface area contributed by atoms with Crippen LogP contribution >= 0.6 is 0 Å². The van der Waals surface area contributed by atoms with Crippen LogP contribution in [0.5, 0.6) is 28.9 Å². The van der Waals surface area contributed by atoms with Crippen LogP contribution in [-0.4, -0.2) is 40.9 Å². The van der Waals surface area contributed by atoms with Crippen molar-refractivity contribution in [2.24, 2.45) is 0 Å². The minimum atomic E-state index is -0.263. The third-order valence-electron chi connectivity index (χ3n) is 7.19. The minimum absolute atomic E-state index is 0.263. The number of nitrogens with zero attached hydrogens (tertiary/aromatic N) is 4. The second kappa shape index (κ2) is 9.02. The second-order valence-corrected chi connectivity index (χ2v) is 9.22. The zero-order valence-electron chi connectivity index (χ0n) is 21.6. The molecule has 0 radical (unpaired) electrons. The number of rotatable bonds is 5. The maximum atomic E-state index is 6.43. The molecule has 0 amide bonds. The topological polar surface area (TPSA) is 80.0 Å². The van der Waals surface area contributed by atoms with Crippen LogP contribution in [0.3, 0.4) is 0 Å². The maximum Gasteiger partial charge on any atom is 0.228 e. The summed E-state index contributed by atoms with van der Waals surface area (Å²) in [6.07, 6.45) is 1.64. The molecular weight excluding hydrogens is 492 g/mol. The lowest BCUT2D eigenvalue weighted by Gasteiger charge is -2.29. The fourth-order valence-electron chi connectivity index (χ4n) is 5.41. The van der Waals surface area contributed by atoms with Gasteiger partial charge in [-0.3, -0.25) is 0 Å². The van der Waals surface area contributed by atoms with Gasteiger partial charge in [-0.2, -0.15) is 0 Å². The van der Waals surface area contributed by atoms with Crippen molar-refractivity contribution in [1.82, 2.24) is 19.6 Å². The molecule has 0 saturated heterocycles. The van der Waals surface area contributed by atoms with Gasteiger partial charge < -0.3 is 18.9 Å². The van der Waals surface area contributed by atoms with E-state index < -0.39 is 0 Å². The van der Waals surface area contributed by atoms with Gasteiger partial charge in [0.1, 0.15) is 17.8 Å². The van der Waals surface area contributed by atoms with Crippen molar-refractivity contribution in [2.75, 3.05) is 21.3 Å². The molecule has 0 spiro atoms. The SMILES string of the molecule is COc1ccc([C@@H]2c3c(ccc4ccccc34)Oc3ncn4nc(-c5ccccc5OC)nc4c32)cc1OC. The molecule has 192 valence electrons. The summed E-state index contributed by atoms with van der Waals surface area (Å²) in [6, 6.07) is 26.1. The first-order valence-corrected chi connectivity index (χ1v) is 12.5. The zero-order chi connectivity index (χ0) is 26.5. The summed E-state index contributed by atoms with van der Waals surface area (Å²) in [5.74, 6) is 3.51. The lowest BCUT2D eigenvalue weighted by molar-refractivity contribution is 0.354. The van der Waals surface area contributed by atoms with Crippen molar-refractivity contribution in [3.63, 3.8) is 0 Å². The Labute approximate surface area is 224 Å². The quantitative estimate of drug-likeness (QED) is 0.267. The van der Waals surface area contributed by atoms with E-state index in [0.717, 1.165) is 38.8 Å². The number of ether oxygens (including phenoxy) is 4. The van der Waals surface area contributed by atoms with Crippen LogP contribution in [0.1, 0.15) is 22.6 Å². The summed E-state index contributed by atoms with van der Waals surface area (Å²) in [7, 11) is 4.91. The number of hydrogen-bond donors (Lipinski definition) is 0. The molecule has 2 aromatic heterocycles. The summed E-state index contributed by atoms with van der Waals surface area (Å²) in [6.45, 7) is 0. The van der Waals surface area contributed by atoms with E-state index in [9.17, 15) is 0 Å². The van der Waals surface area contributed by atoms with Crippen molar-refractivity contribution in [3.8, 4) is 40.3 Å². The third kappa shape index (κ3) is 3.56. The summed E-state index contributed by atoms with van der Waals surface area (Å²) in [5, 5.41) is 6.98. The summed E-state index contributed by atoms with van der Waals surface area (Å²) < 4.78 is 24.9. The van der Waals surface area contributed by atoms with E-state index >= 15 is 0 Å². The number of hydrogen-bond acceptors (Lipinski definition) is 7. The Morgan fingerprint density at radius 1 is 0.769 bits per heavy atom. The molecule has 1 aliphatic rings. The maximum absolute atomic E-state index is 6.43. The van der Waals surface area contributed by atoms with Gasteiger partial charge in [0, 0.05) is 11.5 Å². The standard InChI is InChI=1S/C31H24N4O4/c1-36-22-11-7-6-10-21(22)29-33-30-28-26(19-13-14-23(37-2)25(16-19)38-3)27-20-9-5-4-8-18(20)12-15-24(27)39-31(28)32-17-35(30)34-29/h4-17,26H,1-3H3/t26-/m1/s1. The lowest BCUT2D eigenvalue weighted by Crippen LogP contribution is -2.15. The first-order valence-electron chi connectivity index (χ1n) is 12.5. The Morgan fingerprint density at radius 3 is 2.41 bits per heavy atom. The van der Waals surface area contributed by atoms with Gasteiger partial charge in [0.25, 0.3) is 0 Å². The van der Waals surface area contributed by atoms with Crippen molar-refractivity contribution in [2.45, 2.75) is 5.92 Å². The van der Waals surface area contributed by atoms with Crippen molar-refractivity contribution in [1.29, 1.82) is 0 Å². The van der Waals surface area contributed by atoms with Gasteiger partial charge >= 0.3 is 0 Å². The molecule has 4 aromatic carbocycles. The Kier molecular flexibility index (Phi) is 5.33. The van der Waals surface area contributed by atoms with Crippen molar-refractivity contribution < 1.29 is 18.9 Å². The van der Waals surface area contributed by atoms with Crippen LogP contribution in [0.2, 0.25) is 0 Å². The Hall–Kier alpha value is -5.11. The molecule has 0 fully saturated rings. The highest BCUT2D eigenvalue weighted by Crippen LogP contribution is 2.51. The van der Waals surface area contributed by atoms with E-state index in [0.29, 0.717) is 34.6 Å². The molecular formula is C31H24N4O4. The molecule has 0 unspecified atom stereocenters. The molecule has 3 heterocycles. The van der Waals surface area contributed by atoms with Crippen molar-refractivity contribution in [3.05, 3.63) is 102 Å². The van der Waals surface area contributed by atoms with Gasteiger partial charge in [0.2, 0.25) is 5.88 Å². The molecule has 1 aliphatic heterocycles. The molecule has 0 bridgehead atoms. The van der Waals surface area contributed by atoms with Gasteiger partial charge in [-0.25, -0.2) is 14.5 Å². The van der Waals surface area contributed by atoms with Gasteiger partial charge in [0.05, 0.1) is 32.5 Å². The van der Waals surface area contributed by atoms with Gasteiger partial charge in [-0.15, -0.1) is 5.10 Å². The number of fused-ring (bicyclic) bond motifs is 6. The third-order valence-corrected chi connectivity index (χ3v) is 7.19. The van der Waals surface area contributed by atoms with Gasteiger partial charge in [-0.1, -0.05) is 48.5 Å². The van der Waals surface area contributed by atoms with Gasteiger partial charge in [-0.05, 0) is 46.7 Å². The molecule has 1 atom stereocenters. The van der Waals surface area contributed by atoms with E-state index in [1.807, 2.05) is 60.7 Å². The van der Waals surface area contributed by atoms with Crippen LogP contribution in [0.15, 0.2) is 85.2 Å². The van der Waals surface area contributed by atoms with Crippen LogP contribution in [0.4, 0.5) is 0 Å². The number of methoxy groups -OCH3 is 3. The van der Waals surface area contributed by atoms with Crippen LogP contribution < -0.4 is 18.9 Å². The highest BCUT2D eigenvalue weighted by Gasteiger charge is 2.35. The van der Waals surface area contributed by atoms with E-state index in [4.69, 9.17) is 29.0 Å². The monoisotopic (exact) mass is 516 g/mol. The molecule has 6 aromatic rings. The lowest BCUT2D eigenvalue weighted by atomic mass is 9.81. The normalized spacial score (nSPS) is 14.0. The smallest absolute Gasteiger partial charge is 0.228 e. The Balaban J connectivity index is 1.54. The summed E-state index contributed by atoms with van der Waals surface area (Å²) in [5.41, 5.74) is 4.29. The fraction of sp³-hybridized carbons (Fsp3) is 0.129. The fourth-order valence-corrected chi connectivity index (χ4v) is 5.41. The summed E-state index contributed by atoms with van der Waals surface area (Å²) in [4.78, 5) is 9.68. The van der Waals surface area contributed by atoms with Crippen LogP contribution in [-0.2, 0) is 0 Å². The molecule has 7 rings (SSSR count). The second-order valence-electron chi connectivity index (χ2n) is 9.22. The average molecular weight is 517 g/mol. The predicted molar refractivity (Wildman–Crippen MR) is 147 cm³/mol. The van der Waals surface area contributed by atoms with Crippen molar-refractivity contribution >= 4 is 16.4 Å². The largest absolute Gasteiger partial charge is 0.496 e. The number of benzene rings is 4. The summed E-state index contributed by atoms with van der Waals surface area (Å²) >= 11 is 0. The highest BCUT2D eigenvalue weighted by atomic mass is 16.5. The van der Waals surface area contributed by atoms with E-state index in [1.165, 1.54) is 0 Å². The molecule has 8 heteroatoms. The van der Waals surface area contributed by atoms with E-state index in [1.54, 1.807) is 32.2 Å². The van der Waals surface area contributed by atoms with E-state index in [2.05, 4.69) is 23.2 Å². The molecule has 39 heavy (non-hydrogen) atoms. The van der Waals surface area contributed by atoms with Crippen LogP contribution in [0.25, 0.3) is 27.8 Å². The minimum Gasteiger partial charge on any atom is -0.496 e. The number of para-hydroxylation sites is 1. The molecule has 0 aliphatic carbocycles. The molecule has 0 N–H and O–H groups in total. The van der Waals surface area contributed by atoms with Crippen LogP contribution in [0, 0.1) is 0 Å². The molecule has 0 saturated carbocycles. The Bertz CT molecular complexity index is 1880. The average Bonchev–Trinajstić information content (AvgIpc) is 3.44. The van der Waals surface area contributed by atoms with Gasteiger partial charge in [0.15, 0.2) is 23.0 Å². The Morgan fingerprint density at radius 2 is 1.56 bits per heavy atom. The molecule has 8 nitrogen and oxygen atoms in total.